The molecular formula is C14H22N2O. The van der Waals surface area contributed by atoms with Crippen LogP contribution in [0.1, 0.15) is 33.1 Å². The lowest BCUT2D eigenvalue weighted by molar-refractivity contribution is 0.180. The van der Waals surface area contributed by atoms with Gasteiger partial charge < -0.3 is 15.8 Å². The van der Waals surface area contributed by atoms with Gasteiger partial charge in [0, 0.05) is 18.3 Å². The minimum Gasteiger partial charge on any atom is -0.492 e. The molecule has 0 saturated heterocycles. The van der Waals surface area contributed by atoms with Gasteiger partial charge in [0.1, 0.15) is 5.75 Å². The van der Waals surface area contributed by atoms with Crippen LogP contribution in [0.2, 0.25) is 0 Å². The highest BCUT2D eigenvalue weighted by Crippen LogP contribution is 2.40. The second kappa shape index (κ2) is 4.86. The van der Waals surface area contributed by atoms with Crippen LogP contribution in [0.25, 0.3) is 0 Å². The first kappa shape index (κ1) is 12.1. The maximum Gasteiger partial charge on any atom is 0.144 e. The van der Waals surface area contributed by atoms with Crippen molar-refractivity contribution in [1.82, 2.24) is 0 Å². The third-order valence-corrected chi connectivity index (χ3v) is 3.59. The fourth-order valence-corrected chi connectivity index (χ4v) is 2.20. The van der Waals surface area contributed by atoms with E-state index in [1.54, 1.807) is 0 Å². The molecule has 0 bridgehead atoms. The molecular weight excluding hydrogens is 212 g/mol. The van der Waals surface area contributed by atoms with Crippen LogP contribution in [0, 0.1) is 5.41 Å². The molecule has 0 aromatic heterocycles. The standard InChI is InChI=1S/C14H22N2O/c1-3-17-13-9-11(5-6-12(13)15)16-10-14(2)7-4-8-14/h5-6,9,16H,3-4,7-8,10,15H2,1-2H3. The van der Waals surface area contributed by atoms with E-state index in [1.807, 2.05) is 25.1 Å². The van der Waals surface area contributed by atoms with Gasteiger partial charge in [-0.25, -0.2) is 0 Å². The van der Waals surface area contributed by atoms with Gasteiger partial charge >= 0.3 is 0 Å². The Morgan fingerprint density at radius 2 is 2.18 bits per heavy atom. The highest BCUT2D eigenvalue weighted by atomic mass is 16.5. The molecule has 1 saturated carbocycles. The van der Waals surface area contributed by atoms with Crippen molar-refractivity contribution in [2.75, 3.05) is 24.2 Å². The number of nitrogens with one attached hydrogen (secondary N) is 1. The number of nitrogens with two attached hydrogens (primary N) is 1. The largest absolute Gasteiger partial charge is 0.492 e. The number of nitrogen functional groups attached to an aromatic ring is 1. The molecule has 3 nitrogen and oxygen atoms in total. The lowest BCUT2D eigenvalue weighted by Gasteiger charge is -2.38. The predicted octanol–water partition coefficient (Wildman–Crippen LogP) is 3.27. The molecule has 1 aliphatic rings. The van der Waals surface area contributed by atoms with E-state index in [2.05, 4.69) is 12.2 Å². The maximum absolute atomic E-state index is 5.84. The SMILES string of the molecule is CCOc1cc(NCC2(C)CCC2)ccc1N. The average molecular weight is 234 g/mol. The zero-order valence-electron chi connectivity index (χ0n) is 10.8. The lowest BCUT2D eigenvalue weighted by atomic mass is 9.70. The minimum atomic E-state index is 0.479. The fraction of sp³-hybridized carbons (Fsp3) is 0.571. The molecule has 0 aliphatic heterocycles. The predicted molar refractivity (Wildman–Crippen MR) is 72.5 cm³/mol. The third kappa shape index (κ3) is 2.84. The van der Waals surface area contributed by atoms with E-state index in [-0.39, 0.29) is 0 Å². The topological polar surface area (TPSA) is 47.3 Å². The smallest absolute Gasteiger partial charge is 0.144 e. The number of ether oxygens (including phenoxy) is 1. The molecule has 0 amide bonds. The van der Waals surface area contributed by atoms with E-state index < -0.39 is 0 Å². The lowest BCUT2D eigenvalue weighted by Crippen LogP contribution is -2.33. The van der Waals surface area contributed by atoms with Gasteiger partial charge in [0.05, 0.1) is 12.3 Å². The third-order valence-electron chi connectivity index (χ3n) is 3.59. The summed E-state index contributed by atoms with van der Waals surface area (Å²) in [5, 5.41) is 3.48. The Labute approximate surface area is 103 Å². The molecule has 0 spiro atoms. The van der Waals surface area contributed by atoms with Crippen molar-refractivity contribution in [2.24, 2.45) is 5.41 Å². The Hall–Kier alpha value is -1.38. The zero-order valence-corrected chi connectivity index (χ0v) is 10.8. The van der Waals surface area contributed by atoms with E-state index in [0.717, 1.165) is 18.0 Å². The van der Waals surface area contributed by atoms with Crippen LogP contribution in [0.4, 0.5) is 11.4 Å². The molecule has 0 unspecified atom stereocenters. The molecule has 0 radical (unpaired) electrons. The number of hydrogen-bond donors (Lipinski definition) is 2. The van der Waals surface area contributed by atoms with Crippen LogP contribution < -0.4 is 15.8 Å². The summed E-state index contributed by atoms with van der Waals surface area (Å²) in [6.07, 6.45) is 4.02. The normalized spacial score (nSPS) is 17.3. The average Bonchev–Trinajstić information content (AvgIpc) is 2.28. The van der Waals surface area contributed by atoms with Gasteiger partial charge in [0.15, 0.2) is 0 Å². The van der Waals surface area contributed by atoms with Crippen LogP contribution >= 0.6 is 0 Å². The molecule has 1 fully saturated rings. The van der Waals surface area contributed by atoms with Crippen LogP contribution in [-0.4, -0.2) is 13.2 Å². The summed E-state index contributed by atoms with van der Waals surface area (Å²) in [6, 6.07) is 5.90. The molecule has 0 heterocycles. The Kier molecular flexibility index (Phi) is 3.46. The first-order valence-electron chi connectivity index (χ1n) is 6.39. The summed E-state index contributed by atoms with van der Waals surface area (Å²) in [6.45, 7) is 5.98. The number of rotatable bonds is 5. The molecule has 0 atom stereocenters. The molecule has 2 rings (SSSR count). The molecule has 3 heteroatoms. The fourth-order valence-electron chi connectivity index (χ4n) is 2.20. The Morgan fingerprint density at radius 3 is 2.76 bits per heavy atom. The van der Waals surface area contributed by atoms with E-state index >= 15 is 0 Å². The summed E-state index contributed by atoms with van der Waals surface area (Å²) in [4.78, 5) is 0. The van der Waals surface area contributed by atoms with Gasteiger partial charge in [0.25, 0.3) is 0 Å². The van der Waals surface area contributed by atoms with Crippen molar-refractivity contribution in [2.45, 2.75) is 33.1 Å². The highest BCUT2D eigenvalue weighted by molar-refractivity contribution is 5.61. The highest BCUT2D eigenvalue weighted by Gasteiger charge is 2.31. The van der Waals surface area contributed by atoms with Crippen molar-refractivity contribution in [3.63, 3.8) is 0 Å². The van der Waals surface area contributed by atoms with Gasteiger partial charge in [-0.3, -0.25) is 0 Å². The van der Waals surface area contributed by atoms with E-state index in [9.17, 15) is 0 Å². The zero-order chi connectivity index (χ0) is 12.3. The summed E-state index contributed by atoms with van der Waals surface area (Å²) >= 11 is 0. The molecule has 1 aliphatic carbocycles. The quantitative estimate of drug-likeness (QED) is 0.769. The minimum absolute atomic E-state index is 0.479. The van der Waals surface area contributed by atoms with Gasteiger partial charge in [-0.05, 0) is 37.3 Å². The summed E-state index contributed by atoms with van der Waals surface area (Å²) in [7, 11) is 0. The van der Waals surface area contributed by atoms with Gasteiger partial charge in [-0.2, -0.15) is 0 Å². The van der Waals surface area contributed by atoms with E-state index in [0.29, 0.717) is 17.7 Å². The monoisotopic (exact) mass is 234 g/mol. The van der Waals surface area contributed by atoms with Crippen molar-refractivity contribution >= 4 is 11.4 Å². The second-order valence-corrected chi connectivity index (χ2v) is 5.20. The van der Waals surface area contributed by atoms with Crippen LogP contribution in [0.15, 0.2) is 18.2 Å². The summed E-state index contributed by atoms with van der Waals surface area (Å²) in [5.41, 5.74) is 8.12. The van der Waals surface area contributed by atoms with E-state index in [1.165, 1.54) is 19.3 Å². The van der Waals surface area contributed by atoms with Crippen molar-refractivity contribution < 1.29 is 4.74 Å². The second-order valence-electron chi connectivity index (χ2n) is 5.20. The Morgan fingerprint density at radius 1 is 1.41 bits per heavy atom. The van der Waals surface area contributed by atoms with Crippen LogP contribution in [-0.2, 0) is 0 Å². The Balaban J connectivity index is 1.98. The molecule has 17 heavy (non-hydrogen) atoms. The number of benzene rings is 1. The summed E-state index contributed by atoms with van der Waals surface area (Å²) < 4.78 is 5.48. The maximum atomic E-state index is 5.84. The van der Waals surface area contributed by atoms with Gasteiger partial charge in [0.2, 0.25) is 0 Å². The number of anilines is 2. The number of hydrogen-bond acceptors (Lipinski definition) is 3. The van der Waals surface area contributed by atoms with Crippen molar-refractivity contribution in [1.29, 1.82) is 0 Å². The van der Waals surface area contributed by atoms with Gasteiger partial charge in [-0.1, -0.05) is 13.3 Å². The molecule has 1 aromatic rings. The summed E-state index contributed by atoms with van der Waals surface area (Å²) in [5.74, 6) is 0.774. The first-order valence-corrected chi connectivity index (χ1v) is 6.39. The van der Waals surface area contributed by atoms with Gasteiger partial charge in [-0.15, -0.1) is 0 Å². The first-order chi connectivity index (χ1) is 8.13. The molecule has 94 valence electrons. The molecule has 1 aromatic carbocycles. The van der Waals surface area contributed by atoms with E-state index in [4.69, 9.17) is 10.5 Å². The Bertz CT molecular complexity index is 386. The van der Waals surface area contributed by atoms with Crippen LogP contribution in [0.5, 0.6) is 5.75 Å². The van der Waals surface area contributed by atoms with Crippen molar-refractivity contribution in [3.8, 4) is 5.75 Å². The van der Waals surface area contributed by atoms with Crippen molar-refractivity contribution in [3.05, 3.63) is 18.2 Å². The molecule has 3 N–H and O–H groups in total. The van der Waals surface area contributed by atoms with Crippen LogP contribution in [0.3, 0.4) is 0 Å².